The first-order valence-corrected chi connectivity index (χ1v) is 9.76. The molecule has 0 saturated carbocycles. The fraction of sp³-hybridized carbons (Fsp3) is 0.409. The molecule has 1 aliphatic rings. The topological polar surface area (TPSA) is 60.2 Å². The van der Waals surface area contributed by atoms with Gasteiger partial charge in [-0.15, -0.1) is 0 Å². The molecule has 1 atom stereocenters. The van der Waals surface area contributed by atoms with Crippen LogP contribution in [-0.4, -0.2) is 45.8 Å². The summed E-state index contributed by atoms with van der Waals surface area (Å²) in [6.45, 7) is 5.76. The maximum atomic E-state index is 13.4. The molecular formula is C22H26N4O2. The van der Waals surface area contributed by atoms with Crippen molar-refractivity contribution in [2.45, 2.75) is 26.7 Å². The molecule has 146 valence electrons. The third kappa shape index (κ3) is 3.23. The largest absolute Gasteiger partial charge is 0.497 e. The molecule has 1 aliphatic heterocycles. The number of ether oxygens (including phenoxy) is 1. The van der Waals surface area contributed by atoms with Crippen molar-refractivity contribution in [1.29, 1.82) is 0 Å². The average Bonchev–Trinajstić information content (AvgIpc) is 3.00. The number of benzene rings is 1. The van der Waals surface area contributed by atoms with Gasteiger partial charge in [0.15, 0.2) is 5.65 Å². The molecule has 0 aliphatic carbocycles. The van der Waals surface area contributed by atoms with Gasteiger partial charge in [-0.2, -0.15) is 5.10 Å². The van der Waals surface area contributed by atoms with E-state index in [9.17, 15) is 4.79 Å². The van der Waals surface area contributed by atoms with Gasteiger partial charge in [0.05, 0.1) is 29.4 Å². The molecule has 0 N–H and O–H groups in total. The van der Waals surface area contributed by atoms with Crippen LogP contribution in [0.5, 0.6) is 5.75 Å². The Labute approximate surface area is 165 Å². The number of rotatable bonds is 3. The number of amides is 1. The van der Waals surface area contributed by atoms with Crippen molar-refractivity contribution in [3.8, 4) is 17.0 Å². The molecule has 1 aromatic carbocycles. The zero-order chi connectivity index (χ0) is 19.8. The predicted molar refractivity (Wildman–Crippen MR) is 110 cm³/mol. The second kappa shape index (κ2) is 7.26. The van der Waals surface area contributed by atoms with Gasteiger partial charge >= 0.3 is 0 Å². The standard InChI is InChI=1S/C22H26N4O2/c1-14-6-5-11-26(13-14)22(27)18-12-19(16-7-9-17(28-4)10-8-16)23-21-20(18)15(2)24-25(21)3/h7-10,12,14H,5-6,11,13H2,1-4H3/t14-/m0/s1. The van der Waals surface area contributed by atoms with Crippen LogP contribution in [0, 0.1) is 12.8 Å². The molecular weight excluding hydrogens is 352 g/mol. The van der Waals surface area contributed by atoms with Crippen LogP contribution in [0.15, 0.2) is 30.3 Å². The lowest BCUT2D eigenvalue weighted by Gasteiger charge is -2.31. The summed E-state index contributed by atoms with van der Waals surface area (Å²) in [4.78, 5) is 20.2. The van der Waals surface area contributed by atoms with E-state index in [2.05, 4.69) is 12.0 Å². The van der Waals surface area contributed by atoms with Gasteiger partial charge in [-0.05, 0) is 56.0 Å². The quantitative estimate of drug-likeness (QED) is 0.695. The number of hydrogen-bond donors (Lipinski definition) is 0. The Morgan fingerprint density at radius 1 is 1.25 bits per heavy atom. The first-order valence-electron chi connectivity index (χ1n) is 9.76. The fourth-order valence-corrected chi connectivity index (χ4v) is 4.07. The van der Waals surface area contributed by atoms with Crippen molar-refractivity contribution in [3.63, 3.8) is 0 Å². The van der Waals surface area contributed by atoms with Crippen LogP contribution in [-0.2, 0) is 7.05 Å². The Morgan fingerprint density at radius 3 is 2.68 bits per heavy atom. The van der Waals surface area contributed by atoms with Crippen LogP contribution in [0.2, 0.25) is 0 Å². The maximum absolute atomic E-state index is 13.4. The number of piperidine rings is 1. The lowest BCUT2D eigenvalue weighted by molar-refractivity contribution is 0.0685. The Balaban J connectivity index is 1.84. The highest BCUT2D eigenvalue weighted by molar-refractivity contribution is 6.07. The summed E-state index contributed by atoms with van der Waals surface area (Å²) in [5, 5.41) is 5.37. The minimum Gasteiger partial charge on any atom is -0.497 e. The molecule has 0 radical (unpaired) electrons. The van der Waals surface area contributed by atoms with Crippen molar-refractivity contribution in [2.24, 2.45) is 13.0 Å². The third-order valence-corrected chi connectivity index (χ3v) is 5.53. The first-order chi connectivity index (χ1) is 13.5. The van der Waals surface area contributed by atoms with E-state index in [-0.39, 0.29) is 5.91 Å². The monoisotopic (exact) mass is 378 g/mol. The smallest absolute Gasteiger partial charge is 0.254 e. The molecule has 6 nitrogen and oxygen atoms in total. The Morgan fingerprint density at radius 2 is 2.00 bits per heavy atom. The molecule has 0 spiro atoms. The second-order valence-corrected chi connectivity index (χ2v) is 7.69. The second-order valence-electron chi connectivity index (χ2n) is 7.69. The maximum Gasteiger partial charge on any atom is 0.254 e. The van der Waals surface area contributed by atoms with Crippen LogP contribution in [0.25, 0.3) is 22.3 Å². The fourth-order valence-electron chi connectivity index (χ4n) is 4.07. The van der Waals surface area contributed by atoms with E-state index < -0.39 is 0 Å². The van der Waals surface area contributed by atoms with E-state index in [1.807, 2.05) is 49.2 Å². The minimum absolute atomic E-state index is 0.0739. The number of hydrogen-bond acceptors (Lipinski definition) is 4. The molecule has 4 rings (SSSR count). The summed E-state index contributed by atoms with van der Waals surface area (Å²) in [5.41, 5.74) is 3.98. The van der Waals surface area contributed by atoms with Crippen molar-refractivity contribution < 1.29 is 9.53 Å². The molecule has 2 aromatic heterocycles. The number of carbonyl (C=O) groups is 1. The zero-order valence-corrected chi connectivity index (χ0v) is 16.9. The Bertz CT molecular complexity index is 1020. The normalized spacial score (nSPS) is 17.1. The van der Waals surface area contributed by atoms with Crippen molar-refractivity contribution in [1.82, 2.24) is 19.7 Å². The summed E-state index contributed by atoms with van der Waals surface area (Å²) in [6, 6.07) is 9.66. The summed E-state index contributed by atoms with van der Waals surface area (Å²) in [7, 11) is 3.52. The molecule has 0 unspecified atom stereocenters. The van der Waals surface area contributed by atoms with Crippen molar-refractivity contribution in [2.75, 3.05) is 20.2 Å². The van der Waals surface area contributed by atoms with Gasteiger partial charge in [0.25, 0.3) is 5.91 Å². The SMILES string of the molecule is COc1ccc(-c2cc(C(=O)N3CCC[C@H](C)C3)c3c(C)nn(C)c3n2)cc1. The number of likely N-dealkylation sites (tertiary alicyclic amines) is 1. The molecule has 28 heavy (non-hydrogen) atoms. The molecule has 1 fully saturated rings. The number of methoxy groups -OCH3 is 1. The highest BCUT2D eigenvalue weighted by atomic mass is 16.5. The minimum atomic E-state index is 0.0739. The number of nitrogens with zero attached hydrogens (tertiary/aromatic N) is 4. The number of aryl methyl sites for hydroxylation is 2. The summed E-state index contributed by atoms with van der Waals surface area (Å²) >= 11 is 0. The zero-order valence-electron chi connectivity index (χ0n) is 16.9. The first kappa shape index (κ1) is 18.5. The molecule has 6 heteroatoms. The number of fused-ring (bicyclic) bond motifs is 1. The van der Waals surface area contributed by atoms with Gasteiger partial charge in [0.1, 0.15) is 5.75 Å². The van der Waals surface area contributed by atoms with Gasteiger partial charge < -0.3 is 9.64 Å². The molecule has 1 amide bonds. The molecule has 1 saturated heterocycles. The summed E-state index contributed by atoms with van der Waals surface area (Å²) in [5.74, 6) is 1.40. The van der Waals surface area contributed by atoms with Crippen LogP contribution >= 0.6 is 0 Å². The van der Waals surface area contributed by atoms with Crippen LogP contribution in [0.1, 0.15) is 35.8 Å². The van der Waals surface area contributed by atoms with Crippen LogP contribution < -0.4 is 4.74 Å². The van der Waals surface area contributed by atoms with Gasteiger partial charge in [-0.25, -0.2) is 4.98 Å². The lowest BCUT2D eigenvalue weighted by Crippen LogP contribution is -2.39. The van der Waals surface area contributed by atoms with E-state index in [0.717, 1.165) is 53.2 Å². The van der Waals surface area contributed by atoms with Crippen LogP contribution in [0.3, 0.4) is 0 Å². The number of aromatic nitrogens is 3. The number of pyridine rings is 1. The van der Waals surface area contributed by atoms with E-state index in [1.165, 1.54) is 6.42 Å². The predicted octanol–water partition coefficient (Wildman–Crippen LogP) is 3.82. The third-order valence-electron chi connectivity index (χ3n) is 5.53. The van der Waals surface area contributed by atoms with Crippen LogP contribution in [0.4, 0.5) is 0 Å². The van der Waals surface area contributed by atoms with E-state index in [4.69, 9.17) is 9.72 Å². The Hall–Kier alpha value is -2.89. The van der Waals surface area contributed by atoms with E-state index in [1.54, 1.807) is 11.8 Å². The Kier molecular flexibility index (Phi) is 4.79. The summed E-state index contributed by atoms with van der Waals surface area (Å²) < 4.78 is 7.01. The van der Waals surface area contributed by atoms with Gasteiger partial charge in [-0.3, -0.25) is 9.48 Å². The summed E-state index contributed by atoms with van der Waals surface area (Å²) in [6.07, 6.45) is 2.23. The molecule has 0 bridgehead atoms. The molecule has 3 heterocycles. The highest BCUT2D eigenvalue weighted by Crippen LogP contribution is 2.29. The highest BCUT2D eigenvalue weighted by Gasteiger charge is 2.26. The average molecular weight is 378 g/mol. The van der Waals surface area contributed by atoms with Gasteiger partial charge in [-0.1, -0.05) is 6.92 Å². The van der Waals surface area contributed by atoms with E-state index >= 15 is 0 Å². The van der Waals surface area contributed by atoms with Gasteiger partial charge in [0.2, 0.25) is 0 Å². The number of carbonyl (C=O) groups excluding carboxylic acids is 1. The lowest BCUT2D eigenvalue weighted by atomic mass is 9.98. The molecule has 3 aromatic rings. The van der Waals surface area contributed by atoms with Crippen molar-refractivity contribution in [3.05, 3.63) is 41.6 Å². The van der Waals surface area contributed by atoms with E-state index in [0.29, 0.717) is 11.5 Å². The van der Waals surface area contributed by atoms with Gasteiger partial charge in [0, 0.05) is 25.7 Å². The van der Waals surface area contributed by atoms with Crippen molar-refractivity contribution >= 4 is 16.9 Å².